The molecule has 0 saturated carbocycles. The molecule has 0 unspecified atom stereocenters. The highest BCUT2D eigenvalue weighted by Crippen LogP contribution is 2.54. The zero-order valence-electron chi connectivity index (χ0n) is 78.0. The normalized spacial score (nSPS) is 11.5. The van der Waals surface area contributed by atoms with Crippen molar-refractivity contribution in [1.82, 2.24) is 0 Å². The third kappa shape index (κ3) is 17.8. The number of hydrogen-bond donors (Lipinski definition) is 0. The second-order valence-electron chi connectivity index (χ2n) is 36.5. The lowest BCUT2D eigenvalue weighted by Gasteiger charge is -2.30. The van der Waals surface area contributed by atoms with Crippen LogP contribution in [0, 0.1) is 83.7 Å². The Morgan fingerprint density at radius 2 is 0.329 bits per heavy atom. The van der Waals surface area contributed by atoms with Crippen molar-refractivity contribution in [2.24, 2.45) is 0 Å². The molecule has 0 N–H and O–H groups in total. The van der Waals surface area contributed by atoms with Gasteiger partial charge in [-0.25, -0.2) is 52.7 Å². The smallest absolute Gasteiger partial charge is 0.147 e. The average molecular weight is 1930 g/mol. The number of aryl methyl sites for hydroxylation is 2. The molecule has 0 aliphatic heterocycles. The van der Waals surface area contributed by atoms with Crippen molar-refractivity contribution in [1.29, 1.82) is 0 Å². The molecule has 24 aromatic rings. The monoisotopic (exact) mass is 1920 g/mol. The predicted molar refractivity (Wildman–Crippen MR) is 571 cm³/mol. The van der Waals surface area contributed by atoms with Gasteiger partial charge in [0.05, 0.1) is 34.1 Å². The Balaban J connectivity index is 0.000000161. The van der Waals surface area contributed by atoms with Crippen molar-refractivity contribution in [2.45, 2.75) is 13.8 Å². The molecule has 0 radical (unpaired) electrons. The maximum atomic E-state index is 16.8. The molecule has 24 aromatic carbocycles. The van der Waals surface area contributed by atoms with Crippen LogP contribution < -0.4 is 19.6 Å². The van der Waals surface area contributed by atoms with Crippen LogP contribution in [0.2, 0.25) is 0 Å². The van der Waals surface area contributed by atoms with Crippen LogP contribution in [0.5, 0.6) is 0 Å². The Kier molecular flexibility index (Phi) is 23.8. The summed E-state index contributed by atoms with van der Waals surface area (Å²) in [6, 6.07) is 129. The van der Waals surface area contributed by atoms with E-state index in [4.69, 9.17) is 0 Å². The molecule has 0 saturated heterocycles. The van der Waals surface area contributed by atoms with Crippen molar-refractivity contribution in [3.63, 3.8) is 0 Å². The Morgan fingerprint density at radius 3 is 0.534 bits per heavy atom. The summed E-state index contributed by atoms with van der Waals surface area (Å²) in [6.45, 7) is 3.67. The van der Waals surface area contributed by atoms with Gasteiger partial charge in [-0.3, -0.25) is 0 Å². The minimum absolute atomic E-state index is 0.284. The average Bonchev–Trinajstić information content (AvgIpc) is 0.702. The molecule has 0 amide bonds. The van der Waals surface area contributed by atoms with E-state index in [-0.39, 0.29) is 57.9 Å². The van der Waals surface area contributed by atoms with E-state index < -0.39 is 23.3 Å². The Morgan fingerprint density at radius 1 is 0.137 bits per heavy atom. The summed E-state index contributed by atoms with van der Waals surface area (Å²) in [5.74, 6) is -4.81. The van der Waals surface area contributed by atoms with Crippen LogP contribution >= 0.6 is 0 Å². The number of halogens is 12. The van der Waals surface area contributed by atoms with Gasteiger partial charge in [-0.05, 0) is 412 Å². The quantitative estimate of drug-likeness (QED) is 0.0557. The lowest BCUT2D eigenvalue weighted by Crippen LogP contribution is -2.13. The van der Waals surface area contributed by atoms with Gasteiger partial charge >= 0.3 is 0 Å². The first-order valence-corrected chi connectivity index (χ1v) is 47.4. The first kappa shape index (κ1) is 91.5. The molecule has 0 spiro atoms. The molecule has 0 bridgehead atoms. The van der Waals surface area contributed by atoms with Gasteiger partial charge < -0.3 is 19.6 Å². The van der Waals surface area contributed by atoms with Crippen molar-refractivity contribution in [3.05, 3.63) is 530 Å². The lowest BCUT2D eigenvalue weighted by molar-refractivity contribution is 0.627. The van der Waals surface area contributed by atoms with Crippen molar-refractivity contribution in [3.8, 4) is 89.0 Å². The molecule has 16 heteroatoms. The molecule has 0 heterocycles. The molecule has 0 aromatic heterocycles. The van der Waals surface area contributed by atoms with Crippen LogP contribution in [0.4, 0.5) is 121 Å². The van der Waals surface area contributed by atoms with E-state index >= 15 is 17.6 Å². The fraction of sp³-hybridized carbons (Fsp3) is 0.0154. The SMILES string of the molecule is Cc1ccc(N(c2cc(-c3ccc(F)cc3)cc(-c3ccc(F)cc3)c2)c2ccc3ccc4c(N(c5cc(-c6ccc(F)cc6)cc(-c6ccc(F)cc6)c5)c5ccc(C)cc5F)ccc5ccc2c3c54)c(F)c1.Fc1ccc(-c2cc(-c3ccc(F)cc3)cc(N(c3cccc(F)c3)c3ccc4ccc5c(N(c6cccc(F)c6)c6cc(-c7ccc(F)cc7)cc(-c7ccc(F)cc7)c6)ccc6ccc3c4c65)c2)cc1. The first-order chi connectivity index (χ1) is 71.0. The lowest BCUT2D eigenvalue weighted by atomic mass is 9.91. The number of nitrogens with zero attached hydrogens (tertiary/aromatic N) is 4. The highest BCUT2D eigenvalue weighted by molar-refractivity contribution is 6.30. The van der Waals surface area contributed by atoms with Gasteiger partial charge in [0.2, 0.25) is 0 Å². The third-order valence-electron chi connectivity index (χ3n) is 27.1. The number of hydrogen-bond acceptors (Lipinski definition) is 4. The van der Waals surface area contributed by atoms with E-state index in [0.717, 1.165) is 176 Å². The minimum atomic E-state index is -0.452. The van der Waals surface area contributed by atoms with E-state index in [2.05, 4.69) is 24.3 Å². The van der Waals surface area contributed by atoms with Crippen molar-refractivity contribution in [2.75, 3.05) is 19.6 Å². The van der Waals surface area contributed by atoms with Gasteiger partial charge in [-0.15, -0.1) is 0 Å². The van der Waals surface area contributed by atoms with Crippen LogP contribution in [0.15, 0.2) is 449 Å². The van der Waals surface area contributed by atoms with E-state index in [1.54, 1.807) is 121 Å². The van der Waals surface area contributed by atoms with E-state index in [1.807, 2.05) is 203 Å². The molecular weight excluding hydrogens is 1850 g/mol. The fourth-order valence-electron chi connectivity index (χ4n) is 20.2. The highest BCUT2D eigenvalue weighted by atomic mass is 19.2. The molecule has 704 valence electrons. The van der Waals surface area contributed by atoms with Gasteiger partial charge in [0, 0.05) is 55.7 Å². The van der Waals surface area contributed by atoms with Gasteiger partial charge in [0.25, 0.3) is 0 Å². The molecular formula is C130H80F12N4. The van der Waals surface area contributed by atoms with Gasteiger partial charge in [-0.1, -0.05) is 194 Å². The van der Waals surface area contributed by atoms with Crippen LogP contribution in [0.3, 0.4) is 0 Å². The summed E-state index contributed by atoms with van der Waals surface area (Å²) < 4.78 is 179. The summed E-state index contributed by atoms with van der Waals surface area (Å²) >= 11 is 0. The predicted octanol–water partition coefficient (Wildman–Crippen LogP) is 38.7. The number of anilines is 12. The molecule has 0 atom stereocenters. The van der Waals surface area contributed by atoms with Crippen molar-refractivity contribution >= 4 is 133 Å². The third-order valence-corrected chi connectivity index (χ3v) is 27.1. The zero-order valence-corrected chi connectivity index (χ0v) is 78.0. The zero-order chi connectivity index (χ0) is 99.8. The second kappa shape index (κ2) is 38.0. The van der Waals surface area contributed by atoms with Crippen molar-refractivity contribution < 1.29 is 52.7 Å². The van der Waals surface area contributed by atoms with Crippen LogP contribution in [-0.4, -0.2) is 0 Å². The largest absolute Gasteiger partial charge is 0.310 e. The molecule has 146 heavy (non-hydrogen) atoms. The summed E-state index contributed by atoms with van der Waals surface area (Å²) in [6.07, 6.45) is 0. The molecule has 0 fully saturated rings. The van der Waals surface area contributed by atoms with Gasteiger partial charge in [0.1, 0.15) is 69.8 Å². The van der Waals surface area contributed by atoms with Gasteiger partial charge in [0.15, 0.2) is 0 Å². The summed E-state index contributed by atoms with van der Waals surface area (Å²) in [5, 5.41) is 10.7. The first-order valence-electron chi connectivity index (χ1n) is 47.4. The van der Waals surface area contributed by atoms with E-state index in [1.165, 1.54) is 133 Å². The maximum absolute atomic E-state index is 16.8. The van der Waals surface area contributed by atoms with Gasteiger partial charge in [-0.2, -0.15) is 0 Å². The summed E-state index contributed by atoms with van der Waals surface area (Å²) in [5.41, 5.74) is 20.4. The molecule has 24 rings (SSSR count). The van der Waals surface area contributed by atoms with E-state index in [9.17, 15) is 35.1 Å². The van der Waals surface area contributed by atoms with E-state index in [0.29, 0.717) is 45.5 Å². The highest BCUT2D eigenvalue weighted by Gasteiger charge is 2.30. The Hall–Kier alpha value is -18.3. The Labute approximate surface area is 832 Å². The summed E-state index contributed by atoms with van der Waals surface area (Å²) in [4.78, 5) is 7.81. The summed E-state index contributed by atoms with van der Waals surface area (Å²) in [7, 11) is 0. The minimum Gasteiger partial charge on any atom is -0.310 e. The Bertz CT molecular complexity index is 8360. The van der Waals surface area contributed by atoms with Crippen LogP contribution in [-0.2, 0) is 0 Å². The molecule has 0 aliphatic rings. The molecule has 0 aliphatic carbocycles. The van der Waals surface area contributed by atoms with Crippen LogP contribution in [0.1, 0.15) is 11.1 Å². The maximum Gasteiger partial charge on any atom is 0.147 e. The topological polar surface area (TPSA) is 13.0 Å². The molecule has 4 nitrogen and oxygen atoms in total. The standard InChI is InChI=1S/C66H42F6N2.C64H38F6N2/c1-39-3-27-63(59(71)31-39)73(55-35-47(41-5-17-51(67)18-6-41)33-48(36-55)42-7-19-52(68)20-8-42)61-29-15-45-14-26-58-62(30-16-46-13-25-57(61)65(45)66(46)58)74(64-28-4-40(2)32-60(64)72)56-37-49(43-9-21-53(69)22-10-43)34-50(38-56)44-11-23-54(70)24-12-44;65-49-19-7-39(8-20-49)45-31-46(40-9-21-50(66)22-10-40)34-57(33-45)71(55-5-1-3-53(69)37-55)61-29-17-43-16-28-60-62(30-18-44-15-27-59(61)63(43)64(44)60)72(56-6-2-4-54(70)38-56)58-35-47(41-11-23-51(67)24-12-41)32-48(36-58)42-13-25-52(68)26-14-42/h3-38H,1-2H3;1-38H. The number of benzene rings is 24. The second-order valence-corrected chi connectivity index (χ2v) is 36.5. The fourth-order valence-corrected chi connectivity index (χ4v) is 20.2. The van der Waals surface area contributed by atoms with Crippen LogP contribution in [0.25, 0.3) is 154 Å². The number of rotatable bonds is 20.